The van der Waals surface area contributed by atoms with Gasteiger partial charge in [0, 0.05) is 17.5 Å². The van der Waals surface area contributed by atoms with E-state index in [1.807, 2.05) is 72.8 Å². The van der Waals surface area contributed by atoms with E-state index in [1.54, 1.807) is 6.07 Å². The Labute approximate surface area is 179 Å². The Hall–Kier alpha value is -3.99. The van der Waals surface area contributed by atoms with Gasteiger partial charge in [-0.2, -0.15) is 0 Å². The zero-order valence-electron chi connectivity index (χ0n) is 16.9. The second-order valence-electron chi connectivity index (χ2n) is 7.54. The third-order valence-electron chi connectivity index (χ3n) is 5.81. The van der Waals surface area contributed by atoms with Crippen molar-refractivity contribution in [2.45, 2.75) is 12.0 Å². The van der Waals surface area contributed by atoms with Crippen LogP contribution in [0.1, 0.15) is 27.4 Å². The first-order valence-electron chi connectivity index (χ1n) is 10.1. The van der Waals surface area contributed by atoms with E-state index < -0.39 is 12.0 Å². The first kappa shape index (κ1) is 19.0. The summed E-state index contributed by atoms with van der Waals surface area (Å²) in [5.41, 5.74) is 5.33. The summed E-state index contributed by atoms with van der Waals surface area (Å²) in [6.07, 6.45) is 1.53. The molecule has 152 valence electrons. The molecule has 0 saturated carbocycles. The smallest absolute Gasteiger partial charge is 0.329 e. The molecule has 31 heavy (non-hydrogen) atoms. The molecule has 0 bridgehead atoms. The lowest BCUT2D eigenvalue weighted by molar-refractivity contribution is -0.143. The molecule has 0 saturated heterocycles. The number of carbonyl (C=O) groups is 2. The number of rotatable bonds is 4. The van der Waals surface area contributed by atoms with Crippen molar-refractivity contribution in [3.05, 3.63) is 102 Å². The number of esters is 1. The lowest BCUT2D eigenvalue weighted by Gasteiger charge is -2.24. The van der Waals surface area contributed by atoms with Gasteiger partial charge in [-0.3, -0.25) is 9.78 Å². The average molecular weight is 408 g/mol. The van der Waals surface area contributed by atoms with Crippen molar-refractivity contribution in [3.63, 3.8) is 0 Å². The van der Waals surface area contributed by atoms with Crippen LogP contribution in [0.3, 0.4) is 0 Å². The fraction of sp³-hybridized carbons (Fsp3) is 0.115. The summed E-state index contributed by atoms with van der Waals surface area (Å²) >= 11 is 0. The average Bonchev–Trinajstić information content (AvgIpc) is 3.16. The molecule has 5 nitrogen and oxygen atoms in total. The Bertz CT molecular complexity index is 1270. The molecule has 1 atom stereocenters. The molecule has 1 heterocycles. The van der Waals surface area contributed by atoms with Crippen LogP contribution in [-0.4, -0.2) is 30.0 Å². The first-order chi connectivity index (χ1) is 15.2. The van der Waals surface area contributed by atoms with Crippen LogP contribution in [0.5, 0.6) is 0 Å². The van der Waals surface area contributed by atoms with Gasteiger partial charge in [0.15, 0.2) is 0 Å². The number of carbonyl (C=O) groups excluding carboxylic acids is 2. The zero-order chi connectivity index (χ0) is 21.4. The van der Waals surface area contributed by atoms with Crippen molar-refractivity contribution in [3.8, 4) is 11.1 Å². The molecule has 1 N–H and O–H groups in total. The van der Waals surface area contributed by atoms with Crippen LogP contribution < -0.4 is 5.32 Å². The van der Waals surface area contributed by atoms with Gasteiger partial charge in [-0.25, -0.2) is 4.79 Å². The van der Waals surface area contributed by atoms with Crippen molar-refractivity contribution in [2.24, 2.45) is 0 Å². The lowest BCUT2D eigenvalue weighted by Crippen LogP contribution is -2.45. The van der Waals surface area contributed by atoms with E-state index in [2.05, 4.69) is 10.3 Å². The van der Waals surface area contributed by atoms with E-state index >= 15 is 0 Å². The van der Waals surface area contributed by atoms with E-state index in [9.17, 15) is 9.59 Å². The summed E-state index contributed by atoms with van der Waals surface area (Å²) in [6.45, 7) is 0. The second kappa shape index (κ2) is 7.69. The summed E-state index contributed by atoms with van der Waals surface area (Å²) in [6, 6.07) is 24.4. The Morgan fingerprint density at radius 1 is 0.903 bits per heavy atom. The largest absolute Gasteiger partial charge is 0.467 e. The molecule has 4 aromatic rings. The van der Waals surface area contributed by atoms with Crippen LogP contribution in [-0.2, 0) is 9.53 Å². The van der Waals surface area contributed by atoms with Crippen molar-refractivity contribution in [1.82, 2.24) is 10.3 Å². The molecule has 0 fully saturated rings. The number of amides is 1. The topological polar surface area (TPSA) is 68.3 Å². The molecule has 0 unspecified atom stereocenters. The maximum atomic E-state index is 13.1. The number of ether oxygens (including phenoxy) is 1. The molecule has 3 aromatic carbocycles. The minimum absolute atomic E-state index is 0.336. The van der Waals surface area contributed by atoms with Gasteiger partial charge in [0.05, 0.1) is 18.2 Å². The fourth-order valence-electron chi connectivity index (χ4n) is 4.38. The Kier molecular flexibility index (Phi) is 4.71. The second-order valence-corrected chi connectivity index (χ2v) is 7.54. The highest BCUT2D eigenvalue weighted by Crippen LogP contribution is 2.46. The minimum Gasteiger partial charge on any atom is -0.467 e. The summed E-state index contributed by atoms with van der Waals surface area (Å²) < 4.78 is 5.09. The molecule has 1 amide bonds. The summed E-state index contributed by atoms with van der Waals surface area (Å²) in [4.78, 5) is 30.4. The lowest BCUT2D eigenvalue weighted by atomic mass is 9.89. The van der Waals surface area contributed by atoms with Gasteiger partial charge in [-0.05, 0) is 34.4 Å². The fourth-order valence-corrected chi connectivity index (χ4v) is 4.38. The van der Waals surface area contributed by atoms with E-state index in [0.717, 1.165) is 33.2 Å². The molecule has 0 aliphatic heterocycles. The molecule has 0 spiro atoms. The van der Waals surface area contributed by atoms with Gasteiger partial charge in [0.2, 0.25) is 0 Å². The molecule has 1 aliphatic rings. The normalized spacial score (nSPS) is 13.3. The number of para-hydroxylation sites is 1. The highest BCUT2D eigenvalue weighted by Gasteiger charge is 2.39. The van der Waals surface area contributed by atoms with Crippen LogP contribution in [0.2, 0.25) is 0 Å². The molecular formula is C26H20N2O3. The van der Waals surface area contributed by atoms with Gasteiger partial charge in [0.1, 0.15) is 6.04 Å². The van der Waals surface area contributed by atoms with Crippen LogP contribution in [0, 0.1) is 0 Å². The number of pyridine rings is 1. The van der Waals surface area contributed by atoms with Crippen molar-refractivity contribution in [2.75, 3.05) is 7.11 Å². The number of nitrogens with zero attached hydrogens (tertiary/aromatic N) is 1. The predicted molar refractivity (Wildman–Crippen MR) is 119 cm³/mol. The van der Waals surface area contributed by atoms with Gasteiger partial charge >= 0.3 is 5.97 Å². The summed E-state index contributed by atoms with van der Waals surface area (Å²) in [5, 5.41) is 3.78. The minimum atomic E-state index is -0.867. The molecule has 0 radical (unpaired) electrons. The number of nitrogens with one attached hydrogen (secondary N) is 1. The number of benzene rings is 3. The summed E-state index contributed by atoms with van der Waals surface area (Å²) in [5.74, 6) is -1.19. The van der Waals surface area contributed by atoms with Gasteiger partial charge in [-0.1, -0.05) is 66.7 Å². The predicted octanol–water partition coefficient (Wildman–Crippen LogP) is 4.32. The van der Waals surface area contributed by atoms with Crippen LogP contribution in [0.15, 0.2) is 85.1 Å². The highest BCUT2D eigenvalue weighted by atomic mass is 16.5. The SMILES string of the molecule is COC(=O)[C@H](NC(=O)c1cnc2ccccc2c1)C1c2ccccc2-c2ccccc21. The molecule has 1 aromatic heterocycles. The van der Waals surface area contributed by atoms with Crippen LogP contribution in [0.25, 0.3) is 22.0 Å². The van der Waals surface area contributed by atoms with E-state index in [1.165, 1.54) is 13.3 Å². The Balaban J connectivity index is 1.54. The maximum absolute atomic E-state index is 13.1. The maximum Gasteiger partial charge on any atom is 0.329 e. The van der Waals surface area contributed by atoms with Gasteiger partial charge < -0.3 is 10.1 Å². The molecule has 1 aliphatic carbocycles. The monoisotopic (exact) mass is 408 g/mol. The molecule has 5 rings (SSSR count). The zero-order valence-corrected chi connectivity index (χ0v) is 16.9. The van der Waals surface area contributed by atoms with Crippen LogP contribution >= 0.6 is 0 Å². The van der Waals surface area contributed by atoms with E-state index in [-0.39, 0.29) is 11.8 Å². The first-order valence-corrected chi connectivity index (χ1v) is 10.1. The molecular weight excluding hydrogens is 388 g/mol. The van der Waals surface area contributed by atoms with Gasteiger partial charge in [-0.15, -0.1) is 0 Å². The van der Waals surface area contributed by atoms with E-state index in [0.29, 0.717) is 5.56 Å². The Morgan fingerprint density at radius 3 is 2.19 bits per heavy atom. The number of aromatic nitrogens is 1. The quantitative estimate of drug-likeness (QED) is 0.511. The Morgan fingerprint density at radius 2 is 1.52 bits per heavy atom. The number of hydrogen-bond acceptors (Lipinski definition) is 4. The molecule has 5 heteroatoms. The third kappa shape index (κ3) is 3.24. The number of methoxy groups -OCH3 is 1. The number of hydrogen-bond donors (Lipinski definition) is 1. The van der Waals surface area contributed by atoms with Crippen molar-refractivity contribution in [1.29, 1.82) is 0 Å². The van der Waals surface area contributed by atoms with E-state index in [4.69, 9.17) is 4.74 Å². The summed E-state index contributed by atoms with van der Waals surface area (Å²) in [7, 11) is 1.34. The third-order valence-corrected chi connectivity index (χ3v) is 5.81. The van der Waals surface area contributed by atoms with Gasteiger partial charge in [0.25, 0.3) is 5.91 Å². The standard InChI is InChI=1S/C26H20N2O3/c1-31-26(30)24(28-25(29)17-14-16-8-2-7-13-22(16)27-15-17)23-20-11-5-3-9-18(20)19-10-4-6-12-21(19)23/h2-15,23-24H,1H3,(H,28,29)/t24-/m1/s1. The van der Waals surface area contributed by atoms with Crippen molar-refractivity contribution >= 4 is 22.8 Å². The highest BCUT2D eigenvalue weighted by molar-refractivity contribution is 6.00. The number of fused-ring (bicyclic) bond motifs is 4. The van der Waals surface area contributed by atoms with Crippen molar-refractivity contribution < 1.29 is 14.3 Å². The van der Waals surface area contributed by atoms with Crippen LogP contribution in [0.4, 0.5) is 0 Å².